The van der Waals surface area contributed by atoms with E-state index in [4.69, 9.17) is 10.5 Å². The Kier molecular flexibility index (Phi) is 4.83. The van der Waals surface area contributed by atoms with Crippen molar-refractivity contribution in [2.24, 2.45) is 11.7 Å². The van der Waals surface area contributed by atoms with Crippen LogP contribution in [0.1, 0.15) is 37.8 Å². The molecule has 0 aromatic heterocycles. The lowest BCUT2D eigenvalue weighted by atomic mass is 9.93. The molecule has 1 fully saturated rings. The van der Waals surface area contributed by atoms with Crippen LogP contribution < -0.4 is 10.5 Å². The first-order chi connectivity index (χ1) is 9.13. The van der Waals surface area contributed by atoms with Gasteiger partial charge in [0, 0.05) is 24.7 Å². The SMILES string of the molecule is COc1ccc(CN2CCC(C)CC2C)cc1CN. The molecule has 1 aromatic carbocycles. The molecule has 0 bridgehead atoms. The molecular formula is C16H26N2O. The van der Waals surface area contributed by atoms with Crippen molar-refractivity contribution in [1.82, 2.24) is 4.90 Å². The maximum absolute atomic E-state index is 5.78. The average molecular weight is 262 g/mol. The smallest absolute Gasteiger partial charge is 0.123 e. The zero-order valence-electron chi connectivity index (χ0n) is 12.4. The Labute approximate surface area is 116 Å². The summed E-state index contributed by atoms with van der Waals surface area (Å²) in [6.07, 6.45) is 2.62. The predicted molar refractivity (Wildman–Crippen MR) is 79.2 cm³/mol. The molecule has 1 aliphatic rings. The Morgan fingerprint density at radius 3 is 2.79 bits per heavy atom. The minimum atomic E-state index is 0.531. The van der Waals surface area contributed by atoms with Crippen molar-refractivity contribution >= 4 is 0 Å². The molecule has 106 valence electrons. The Morgan fingerprint density at radius 1 is 1.37 bits per heavy atom. The van der Waals surface area contributed by atoms with Gasteiger partial charge in [-0.25, -0.2) is 0 Å². The van der Waals surface area contributed by atoms with Crippen LogP contribution in [-0.4, -0.2) is 24.6 Å². The van der Waals surface area contributed by atoms with Crippen LogP contribution in [0, 0.1) is 5.92 Å². The van der Waals surface area contributed by atoms with Crippen molar-refractivity contribution in [2.75, 3.05) is 13.7 Å². The maximum atomic E-state index is 5.78. The highest BCUT2D eigenvalue weighted by Gasteiger charge is 2.22. The molecule has 2 atom stereocenters. The third-order valence-electron chi connectivity index (χ3n) is 4.23. The molecule has 1 aliphatic heterocycles. The molecule has 2 unspecified atom stereocenters. The highest BCUT2D eigenvalue weighted by Crippen LogP contribution is 2.25. The number of nitrogens with two attached hydrogens (primary N) is 1. The van der Waals surface area contributed by atoms with Gasteiger partial charge in [0.15, 0.2) is 0 Å². The van der Waals surface area contributed by atoms with Crippen molar-refractivity contribution in [3.8, 4) is 5.75 Å². The minimum Gasteiger partial charge on any atom is -0.496 e. The van der Waals surface area contributed by atoms with Crippen molar-refractivity contribution in [2.45, 2.75) is 45.8 Å². The fraction of sp³-hybridized carbons (Fsp3) is 0.625. The molecule has 1 heterocycles. The zero-order chi connectivity index (χ0) is 13.8. The molecule has 3 nitrogen and oxygen atoms in total. The van der Waals surface area contributed by atoms with E-state index in [0.29, 0.717) is 12.6 Å². The van der Waals surface area contributed by atoms with E-state index in [1.165, 1.54) is 24.9 Å². The topological polar surface area (TPSA) is 38.5 Å². The quantitative estimate of drug-likeness (QED) is 0.907. The molecule has 2 N–H and O–H groups in total. The normalized spacial score (nSPS) is 24.4. The molecule has 1 saturated heterocycles. The first-order valence-corrected chi connectivity index (χ1v) is 7.24. The van der Waals surface area contributed by atoms with E-state index in [0.717, 1.165) is 23.8 Å². The Hall–Kier alpha value is -1.06. The summed E-state index contributed by atoms with van der Waals surface area (Å²) in [4.78, 5) is 2.57. The summed E-state index contributed by atoms with van der Waals surface area (Å²) in [7, 11) is 1.70. The number of hydrogen-bond donors (Lipinski definition) is 1. The maximum Gasteiger partial charge on any atom is 0.123 e. The van der Waals surface area contributed by atoms with Crippen LogP contribution in [0.4, 0.5) is 0 Å². The number of likely N-dealkylation sites (tertiary alicyclic amines) is 1. The van der Waals surface area contributed by atoms with Gasteiger partial charge in [0.25, 0.3) is 0 Å². The van der Waals surface area contributed by atoms with Gasteiger partial charge in [-0.2, -0.15) is 0 Å². The van der Waals surface area contributed by atoms with Gasteiger partial charge in [-0.05, 0) is 49.9 Å². The zero-order valence-corrected chi connectivity index (χ0v) is 12.4. The molecular weight excluding hydrogens is 236 g/mol. The van der Waals surface area contributed by atoms with Crippen LogP contribution in [0.2, 0.25) is 0 Å². The van der Waals surface area contributed by atoms with Crippen LogP contribution >= 0.6 is 0 Å². The van der Waals surface area contributed by atoms with Gasteiger partial charge in [-0.15, -0.1) is 0 Å². The largest absolute Gasteiger partial charge is 0.496 e. The standard InChI is InChI=1S/C16H26N2O/c1-12-6-7-18(13(2)8-12)11-14-4-5-16(19-3)15(9-14)10-17/h4-5,9,12-13H,6-8,10-11,17H2,1-3H3. The first kappa shape index (κ1) is 14.4. The van der Waals surface area contributed by atoms with E-state index in [-0.39, 0.29) is 0 Å². The number of rotatable bonds is 4. The summed E-state index contributed by atoms with van der Waals surface area (Å²) in [6, 6.07) is 7.05. The third-order valence-corrected chi connectivity index (χ3v) is 4.23. The molecule has 0 spiro atoms. The molecule has 0 radical (unpaired) electrons. The fourth-order valence-corrected chi connectivity index (χ4v) is 3.02. The Bertz CT molecular complexity index is 419. The van der Waals surface area contributed by atoms with Gasteiger partial charge < -0.3 is 10.5 Å². The highest BCUT2D eigenvalue weighted by molar-refractivity contribution is 5.37. The molecule has 19 heavy (non-hydrogen) atoms. The number of benzene rings is 1. The lowest BCUT2D eigenvalue weighted by molar-refractivity contribution is 0.122. The molecule has 3 heteroatoms. The second-order valence-corrected chi connectivity index (χ2v) is 5.80. The van der Waals surface area contributed by atoms with Crippen LogP contribution in [0.15, 0.2) is 18.2 Å². The van der Waals surface area contributed by atoms with Crippen molar-refractivity contribution in [3.05, 3.63) is 29.3 Å². The van der Waals surface area contributed by atoms with Crippen LogP contribution in [0.25, 0.3) is 0 Å². The molecule has 2 rings (SSSR count). The van der Waals surface area contributed by atoms with Crippen molar-refractivity contribution in [1.29, 1.82) is 0 Å². The van der Waals surface area contributed by atoms with Crippen LogP contribution in [0.3, 0.4) is 0 Å². The fourth-order valence-electron chi connectivity index (χ4n) is 3.02. The lowest BCUT2D eigenvalue weighted by Crippen LogP contribution is -2.39. The second kappa shape index (κ2) is 6.40. The Balaban J connectivity index is 2.06. The van der Waals surface area contributed by atoms with Gasteiger partial charge in [0.05, 0.1) is 7.11 Å². The second-order valence-electron chi connectivity index (χ2n) is 5.80. The summed E-state index contributed by atoms with van der Waals surface area (Å²) in [5.41, 5.74) is 8.21. The van der Waals surface area contributed by atoms with Crippen molar-refractivity contribution in [3.63, 3.8) is 0 Å². The summed E-state index contributed by atoms with van der Waals surface area (Å²) in [5.74, 6) is 1.76. The number of hydrogen-bond acceptors (Lipinski definition) is 3. The van der Waals surface area contributed by atoms with Gasteiger partial charge in [-0.3, -0.25) is 4.90 Å². The van der Waals surface area contributed by atoms with Crippen molar-refractivity contribution < 1.29 is 4.74 Å². The molecule has 0 saturated carbocycles. The molecule has 0 amide bonds. The number of methoxy groups -OCH3 is 1. The van der Waals surface area contributed by atoms with Crippen LogP contribution in [-0.2, 0) is 13.1 Å². The minimum absolute atomic E-state index is 0.531. The van der Waals surface area contributed by atoms with E-state index >= 15 is 0 Å². The summed E-state index contributed by atoms with van der Waals surface area (Å²) >= 11 is 0. The summed E-state index contributed by atoms with van der Waals surface area (Å²) < 4.78 is 5.32. The number of ether oxygens (including phenoxy) is 1. The monoisotopic (exact) mass is 262 g/mol. The third kappa shape index (κ3) is 3.48. The van der Waals surface area contributed by atoms with Gasteiger partial charge in [-0.1, -0.05) is 13.0 Å². The summed E-state index contributed by atoms with van der Waals surface area (Å²) in [5, 5.41) is 0. The van der Waals surface area contributed by atoms with Gasteiger partial charge >= 0.3 is 0 Å². The lowest BCUT2D eigenvalue weighted by Gasteiger charge is -2.36. The highest BCUT2D eigenvalue weighted by atomic mass is 16.5. The summed E-state index contributed by atoms with van der Waals surface area (Å²) in [6.45, 7) is 7.44. The molecule has 1 aromatic rings. The van der Waals surface area contributed by atoms with Gasteiger partial charge in [0.1, 0.15) is 5.75 Å². The predicted octanol–water partition coefficient (Wildman–Crippen LogP) is 2.77. The number of piperidine rings is 1. The molecule has 0 aliphatic carbocycles. The van der Waals surface area contributed by atoms with E-state index in [9.17, 15) is 0 Å². The van der Waals surface area contributed by atoms with E-state index in [2.05, 4.69) is 30.9 Å². The van der Waals surface area contributed by atoms with E-state index in [1.54, 1.807) is 7.11 Å². The van der Waals surface area contributed by atoms with E-state index in [1.807, 2.05) is 6.07 Å². The first-order valence-electron chi connectivity index (χ1n) is 7.24. The number of nitrogens with zero attached hydrogens (tertiary/aromatic N) is 1. The van der Waals surface area contributed by atoms with Gasteiger partial charge in [0.2, 0.25) is 0 Å². The Morgan fingerprint density at radius 2 is 2.16 bits per heavy atom. The van der Waals surface area contributed by atoms with E-state index < -0.39 is 0 Å². The van der Waals surface area contributed by atoms with Crippen LogP contribution in [0.5, 0.6) is 5.75 Å². The average Bonchev–Trinajstić information content (AvgIpc) is 2.41.